The van der Waals surface area contributed by atoms with Crippen LogP contribution < -0.4 is 5.43 Å². The van der Waals surface area contributed by atoms with Gasteiger partial charge in [-0.05, 0) is 60.8 Å². The Kier molecular flexibility index (Phi) is 8.26. The molecule has 0 fully saturated rings. The van der Waals surface area contributed by atoms with Crippen molar-refractivity contribution in [2.45, 2.75) is 27.7 Å². The SMILES string of the molecule is Cc1cc(C)c2oc3c(-c4ncccc4C)[c-]cc(C)c3c(=O)c2c1.[Ir].[c-]1ccccc1-c1ccncn1. The molecule has 0 saturated carbocycles. The topological polar surface area (TPSA) is 68.9 Å². The molecule has 6 rings (SSSR count). The molecule has 38 heavy (non-hydrogen) atoms. The third kappa shape index (κ3) is 5.33. The van der Waals surface area contributed by atoms with Crippen molar-refractivity contribution in [1.29, 1.82) is 0 Å². The van der Waals surface area contributed by atoms with Crippen molar-refractivity contribution in [3.05, 3.63) is 124 Å². The Morgan fingerprint density at radius 3 is 2.37 bits per heavy atom. The summed E-state index contributed by atoms with van der Waals surface area (Å²) in [5.74, 6) is 0. The molecule has 6 aromatic rings. The van der Waals surface area contributed by atoms with Gasteiger partial charge < -0.3 is 9.40 Å². The normalized spacial score (nSPS) is 10.5. The van der Waals surface area contributed by atoms with E-state index >= 15 is 0 Å². The zero-order valence-electron chi connectivity index (χ0n) is 21.5. The van der Waals surface area contributed by atoms with Crippen LogP contribution in [0.1, 0.15) is 22.3 Å². The Hall–Kier alpha value is -3.99. The maximum absolute atomic E-state index is 13.2. The fourth-order valence-electron chi connectivity index (χ4n) is 4.43. The van der Waals surface area contributed by atoms with E-state index in [0.29, 0.717) is 21.9 Å². The van der Waals surface area contributed by atoms with Crippen molar-refractivity contribution < 1.29 is 24.5 Å². The quantitative estimate of drug-likeness (QED) is 0.146. The zero-order chi connectivity index (χ0) is 25.9. The third-order valence-corrected chi connectivity index (χ3v) is 6.19. The van der Waals surface area contributed by atoms with Gasteiger partial charge in [-0.1, -0.05) is 36.2 Å². The molecule has 3 heterocycles. The second kappa shape index (κ2) is 11.6. The number of nitrogens with zero attached hydrogens (tertiary/aromatic N) is 3. The van der Waals surface area contributed by atoms with Gasteiger partial charge in [0.2, 0.25) is 0 Å². The molecule has 0 aliphatic rings. The van der Waals surface area contributed by atoms with E-state index in [0.717, 1.165) is 44.8 Å². The first kappa shape index (κ1) is 27.1. The molecule has 3 aromatic carbocycles. The van der Waals surface area contributed by atoms with Gasteiger partial charge in [-0.25, -0.2) is 4.98 Å². The average Bonchev–Trinajstić information content (AvgIpc) is 2.91. The molecule has 191 valence electrons. The minimum Gasteiger partial charge on any atom is -0.500 e. The average molecular weight is 676 g/mol. The van der Waals surface area contributed by atoms with E-state index in [1.54, 1.807) is 12.4 Å². The summed E-state index contributed by atoms with van der Waals surface area (Å²) in [4.78, 5) is 25.6. The fourth-order valence-corrected chi connectivity index (χ4v) is 4.43. The molecule has 0 aliphatic carbocycles. The van der Waals surface area contributed by atoms with Crippen LogP contribution >= 0.6 is 0 Å². The van der Waals surface area contributed by atoms with Gasteiger partial charge in [0.25, 0.3) is 0 Å². The van der Waals surface area contributed by atoms with Gasteiger partial charge in [0.15, 0.2) is 5.43 Å². The summed E-state index contributed by atoms with van der Waals surface area (Å²) in [5.41, 5.74) is 8.53. The Morgan fingerprint density at radius 2 is 1.66 bits per heavy atom. The number of hydrogen-bond acceptors (Lipinski definition) is 5. The van der Waals surface area contributed by atoms with Crippen LogP contribution in [-0.2, 0) is 20.1 Å². The van der Waals surface area contributed by atoms with Crippen LogP contribution in [-0.4, -0.2) is 15.0 Å². The third-order valence-electron chi connectivity index (χ3n) is 6.19. The molecule has 0 aliphatic heterocycles. The molecule has 1 radical (unpaired) electrons. The second-order valence-electron chi connectivity index (χ2n) is 8.98. The number of aryl methyl sites for hydroxylation is 4. The van der Waals surface area contributed by atoms with Gasteiger partial charge in [0.1, 0.15) is 11.9 Å². The summed E-state index contributed by atoms with van der Waals surface area (Å²) in [5, 5.41) is 1.24. The van der Waals surface area contributed by atoms with E-state index in [1.165, 1.54) is 6.33 Å². The van der Waals surface area contributed by atoms with Crippen LogP contribution in [0.25, 0.3) is 44.5 Å². The minimum atomic E-state index is 0. The molecule has 3 aromatic heterocycles. The van der Waals surface area contributed by atoms with Crippen LogP contribution in [0, 0.1) is 39.8 Å². The van der Waals surface area contributed by atoms with E-state index < -0.39 is 0 Å². The van der Waals surface area contributed by atoms with E-state index in [2.05, 4.69) is 27.1 Å². The molecular weight excluding hydrogens is 651 g/mol. The van der Waals surface area contributed by atoms with Crippen LogP contribution in [0.5, 0.6) is 0 Å². The molecule has 0 saturated heterocycles. The summed E-state index contributed by atoms with van der Waals surface area (Å²) in [7, 11) is 0. The zero-order valence-corrected chi connectivity index (χ0v) is 23.9. The van der Waals surface area contributed by atoms with Crippen molar-refractivity contribution >= 4 is 21.9 Å². The van der Waals surface area contributed by atoms with Gasteiger partial charge in [0, 0.05) is 32.5 Å². The first-order valence-electron chi connectivity index (χ1n) is 12.0. The first-order valence-corrected chi connectivity index (χ1v) is 12.0. The minimum absolute atomic E-state index is 0. The monoisotopic (exact) mass is 676 g/mol. The summed E-state index contributed by atoms with van der Waals surface area (Å²) < 4.78 is 6.26. The maximum Gasteiger partial charge on any atom is 0.182 e. The number of aromatic nitrogens is 3. The van der Waals surface area contributed by atoms with Crippen LogP contribution in [0.2, 0.25) is 0 Å². The summed E-state index contributed by atoms with van der Waals surface area (Å²) >= 11 is 0. The molecular formula is C32H25IrN3O2-2. The van der Waals surface area contributed by atoms with Crippen molar-refractivity contribution in [2.75, 3.05) is 0 Å². The number of fused-ring (bicyclic) bond motifs is 2. The van der Waals surface area contributed by atoms with Crippen LogP contribution in [0.3, 0.4) is 0 Å². The molecule has 0 spiro atoms. The van der Waals surface area contributed by atoms with E-state index in [9.17, 15) is 4.79 Å². The number of benzene rings is 3. The maximum atomic E-state index is 13.2. The van der Waals surface area contributed by atoms with E-state index in [1.807, 2.05) is 88.4 Å². The fraction of sp³-hybridized carbons (Fsp3) is 0.125. The van der Waals surface area contributed by atoms with Gasteiger partial charge >= 0.3 is 0 Å². The smallest absolute Gasteiger partial charge is 0.182 e. The summed E-state index contributed by atoms with van der Waals surface area (Å²) in [6.45, 7) is 7.87. The molecule has 0 bridgehead atoms. The predicted molar refractivity (Wildman–Crippen MR) is 147 cm³/mol. The molecule has 0 unspecified atom stereocenters. The molecule has 0 N–H and O–H groups in total. The molecule has 6 heteroatoms. The standard InChI is InChI=1S/C22H18NO2.C10H7N2.Ir/c1-12-10-15(4)21-17(11-12)20(24)18-13(2)7-8-16(22(18)25-21)19-14(3)6-5-9-23-19;1-2-4-9(5-3-1)10-6-7-11-8-12-10;/h5-7,9-11H,1-4H3;1-4,6-8H;/q2*-1;. The first-order chi connectivity index (χ1) is 17.9. The number of pyridine rings is 1. The van der Waals surface area contributed by atoms with Gasteiger partial charge in [0.05, 0.1) is 11.0 Å². The second-order valence-corrected chi connectivity index (χ2v) is 8.98. The predicted octanol–water partition coefficient (Wildman–Crippen LogP) is 6.98. The molecule has 0 amide bonds. The number of hydrogen-bond donors (Lipinski definition) is 0. The van der Waals surface area contributed by atoms with E-state index in [4.69, 9.17) is 4.42 Å². The van der Waals surface area contributed by atoms with E-state index in [-0.39, 0.29) is 25.5 Å². The van der Waals surface area contributed by atoms with Crippen molar-refractivity contribution in [3.8, 4) is 22.5 Å². The Morgan fingerprint density at radius 1 is 0.816 bits per heavy atom. The van der Waals surface area contributed by atoms with Crippen LogP contribution in [0.4, 0.5) is 0 Å². The van der Waals surface area contributed by atoms with Crippen molar-refractivity contribution in [3.63, 3.8) is 0 Å². The molecule has 0 atom stereocenters. The van der Waals surface area contributed by atoms with Gasteiger partial charge in [-0.3, -0.25) is 9.78 Å². The largest absolute Gasteiger partial charge is 0.500 e. The van der Waals surface area contributed by atoms with Crippen molar-refractivity contribution in [1.82, 2.24) is 15.0 Å². The Bertz CT molecular complexity index is 1750. The summed E-state index contributed by atoms with van der Waals surface area (Å²) in [6, 6.07) is 25.6. The van der Waals surface area contributed by atoms with Crippen molar-refractivity contribution in [2.24, 2.45) is 0 Å². The molecule has 5 nitrogen and oxygen atoms in total. The van der Waals surface area contributed by atoms with Gasteiger partial charge in [-0.2, -0.15) is 0 Å². The van der Waals surface area contributed by atoms with Gasteiger partial charge in [-0.15, -0.1) is 53.6 Å². The Labute approximate surface area is 235 Å². The summed E-state index contributed by atoms with van der Waals surface area (Å²) in [6.07, 6.45) is 5.01. The Balaban J connectivity index is 0.000000218. The van der Waals surface area contributed by atoms with Crippen LogP contribution in [0.15, 0.2) is 88.6 Å². The number of rotatable bonds is 2.